The lowest BCUT2D eigenvalue weighted by Crippen LogP contribution is -2.19. The van der Waals surface area contributed by atoms with Gasteiger partial charge in [0.05, 0.1) is 18.2 Å². The van der Waals surface area contributed by atoms with Crippen LogP contribution in [0.25, 0.3) is 0 Å². The molecule has 1 aliphatic heterocycles. The van der Waals surface area contributed by atoms with E-state index in [9.17, 15) is 13.2 Å². The lowest BCUT2D eigenvalue weighted by Gasteiger charge is -2.15. The molecule has 1 heterocycles. The number of halogens is 4. The van der Waals surface area contributed by atoms with Crippen molar-refractivity contribution in [3.63, 3.8) is 0 Å². The Morgan fingerprint density at radius 2 is 2.06 bits per heavy atom. The highest BCUT2D eigenvalue weighted by Crippen LogP contribution is 2.33. The van der Waals surface area contributed by atoms with Gasteiger partial charge < -0.3 is 10.1 Å². The van der Waals surface area contributed by atoms with E-state index >= 15 is 0 Å². The summed E-state index contributed by atoms with van der Waals surface area (Å²) in [6.07, 6.45) is -3.51. The fourth-order valence-electron chi connectivity index (χ4n) is 1.72. The minimum atomic E-state index is -4.33. The molecule has 0 amide bonds. The number of alkyl halides is 3. The van der Waals surface area contributed by atoms with Gasteiger partial charge in [-0.1, -0.05) is 15.9 Å². The van der Waals surface area contributed by atoms with Gasteiger partial charge in [0, 0.05) is 16.8 Å². The van der Waals surface area contributed by atoms with Crippen molar-refractivity contribution in [3.8, 4) is 0 Å². The van der Waals surface area contributed by atoms with E-state index in [1.54, 1.807) is 6.07 Å². The second kappa shape index (κ2) is 4.86. The van der Waals surface area contributed by atoms with E-state index in [-0.39, 0.29) is 6.04 Å². The Balaban J connectivity index is 2.19. The molecule has 1 saturated heterocycles. The maximum atomic E-state index is 12.6. The summed E-state index contributed by atoms with van der Waals surface area (Å²) in [7, 11) is 0. The molecule has 0 bridgehead atoms. The molecule has 17 heavy (non-hydrogen) atoms. The molecule has 0 spiro atoms. The molecular formula is C11H11BrF3NO. The summed E-state index contributed by atoms with van der Waals surface area (Å²) in [5.41, 5.74) is -0.199. The van der Waals surface area contributed by atoms with Crippen molar-refractivity contribution in [2.75, 3.05) is 18.5 Å². The Morgan fingerprint density at radius 3 is 2.65 bits per heavy atom. The first-order valence-corrected chi connectivity index (χ1v) is 5.96. The van der Waals surface area contributed by atoms with Crippen LogP contribution in [-0.4, -0.2) is 19.3 Å². The van der Waals surface area contributed by atoms with Crippen molar-refractivity contribution < 1.29 is 17.9 Å². The lowest BCUT2D eigenvalue weighted by molar-refractivity contribution is -0.137. The van der Waals surface area contributed by atoms with Crippen molar-refractivity contribution in [2.24, 2.45) is 0 Å². The summed E-state index contributed by atoms with van der Waals surface area (Å²) >= 11 is 3.08. The molecule has 1 aromatic carbocycles. The SMILES string of the molecule is FC(F)(F)c1cc(Br)cc(NC2CCOC2)c1. The van der Waals surface area contributed by atoms with Gasteiger partial charge >= 0.3 is 6.18 Å². The maximum absolute atomic E-state index is 12.6. The Kier molecular flexibility index (Phi) is 3.63. The number of ether oxygens (including phenoxy) is 1. The van der Waals surface area contributed by atoms with Gasteiger partial charge in [0.15, 0.2) is 0 Å². The lowest BCUT2D eigenvalue weighted by atomic mass is 10.1. The van der Waals surface area contributed by atoms with Gasteiger partial charge in [0.25, 0.3) is 0 Å². The van der Waals surface area contributed by atoms with E-state index in [2.05, 4.69) is 21.2 Å². The van der Waals surface area contributed by atoms with Gasteiger partial charge in [0.1, 0.15) is 0 Å². The minimum Gasteiger partial charge on any atom is -0.380 e. The number of anilines is 1. The summed E-state index contributed by atoms with van der Waals surface area (Å²) in [6.45, 7) is 1.19. The summed E-state index contributed by atoms with van der Waals surface area (Å²) in [5, 5.41) is 3.04. The number of nitrogens with one attached hydrogen (secondary N) is 1. The second-order valence-electron chi connectivity index (χ2n) is 3.93. The van der Waals surface area contributed by atoms with Crippen LogP contribution in [-0.2, 0) is 10.9 Å². The Morgan fingerprint density at radius 1 is 1.29 bits per heavy atom. The quantitative estimate of drug-likeness (QED) is 0.900. The average Bonchev–Trinajstić information content (AvgIpc) is 2.68. The van der Waals surface area contributed by atoms with Gasteiger partial charge in [-0.25, -0.2) is 0 Å². The monoisotopic (exact) mass is 309 g/mol. The highest BCUT2D eigenvalue weighted by atomic mass is 79.9. The van der Waals surface area contributed by atoms with Gasteiger partial charge in [-0.2, -0.15) is 13.2 Å². The number of benzene rings is 1. The molecule has 0 aromatic heterocycles. The van der Waals surface area contributed by atoms with Crippen LogP contribution in [0.5, 0.6) is 0 Å². The predicted octanol–water partition coefficient (Wildman–Crippen LogP) is 3.67. The first kappa shape index (κ1) is 12.7. The fraction of sp³-hybridized carbons (Fsp3) is 0.455. The van der Waals surface area contributed by atoms with Crippen LogP contribution in [0.3, 0.4) is 0 Å². The molecule has 1 N–H and O–H groups in total. The Bertz CT molecular complexity index is 402. The summed E-state index contributed by atoms with van der Waals surface area (Å²) in [5.74, 6) is 0. The Labute approximate surface area is 105 Å². The van der Waals surface area contributed by atoms with Crippen molar-refractivity contribution in [1.82, 2.24) is 0 Å². The molecule has 1 aromatic rings. The van der Waals surface area contributed by atoms with Crippen molar-refractivity contribution in [2.45, 2.75) is 18.6 Å². The zero-order valence-electron chi connectivity index (χ0n) is 8.85. The van der Waals surface area contributed by atoms with Gasteiger partial charge in [0.2, 0.25) is 0 Å². The molecule has 94 valence electrons. The van der Waals surface area contributed by atoms with Crippen LogP contribution in [0, 0.1) is 0 Å². The normalized spacial score (nSPS) is 20.6. The second-order valence-corrected chi connectivity index (χ2v) is 4.85. The number of rotatable bonds is 2. The minimum absolute atomic E-state index is 0.0883. The zero-order chi connectivity index (χ0) is 12.5. The van der Waals surface area contributed by atoms with E-state index in [4.69, 9.17) is 4.74 Å². The summed E-state index contributed by atoms with van der Waals surface area (Å²) in [6, 6.07) is 3.90. The fourth-order valence-corrected chi connectivity index (χ4v) is 2.21. The first-order chi connectivity index (χ1) is 7.95. The third-order valence-corrected chi connectivity index (χ3v) is 2.98. The smallest absolute Gasteiger partial charge is 0.380 e. The molecule has 2 nitrogen and oxygen atoms in total. The van der Waals surface area contributed by atoms with Crippen LogP contribution in [0.4, 0.5) is 18.9 Å². The molecule has 2 rings (SSSR count). The van der Waals surface area contributed by atoms with Crippen LogP contribution >= 0.6 is 15.9 Å². The predicted molar refractivity (Wildman–Crippen MR) is 62.0 cm³/mol. The molecule has 1 unspecified atom stereocenters. The first-order valence-electron chi connectivity index (χ1n) is 5.17. The number of hydrogen-bond donors (Lipinski definition) is 1. The van der Waals surface area contributed by atoms with Crippen LogP contribution in [0.15, 0.2) is 22.7 Å². The average molecular weight is 310 g/mol. The van der Waals surface area contributed by atoms with Crippen molar-refractivity contribution >= 4 is 21.6 Å². The molecule has 6 heteroatoms. The molecule has 1 fully saturated rings. The van der Waals surface area contributed by atoms with Crippen LogP contribution in [0.2, 0.25) is 0 Å². The largest absolute Gasteiger partial charge is 0.416 e. The van der Waals surface area contributed by atoms with Gasteiger partial charge in [-0.15, -0.1) is 0 Å². The highest BCUT2D eigenvalue weighted by Gasteiger charge is 2.31. The molecule has 1 atom stereocenters. The number of hydrogen-bond acceptors (Lipinski definition) is 2. The maximum Gasteiger partial charge on any atom is 0.416 e. The Hall–Kier alpha value is -0.750. The van der Waals surface area contributed by atoms with Crippen molar-refractivity contribution in [1.29, 1.82) is 0 Å². The van der Waals surface area contributed by atoms with Crippen LogP contribution in [0.1, 0.15) is 12.0 Å². The molecule has 1 aliphatic rings. The van der Waals surface area contributed by atoms with E-state index in [0.29, 0.717) is 23.4 Å². The van der Waals surface area contributed by atoms with E-state index in [1.807, 2.05) is 0 Å². The zero-order valence-corrected chi connectivity index (χ0v) is 10.4. The van der Waals surface area contributed by atoms with E-state index in [0.717, 1.165) is 18.6 Å². The molecule has 0 aliphatic carbocycles. The topological polar surface area (TPSA) is 21.3 Å². The molecule has 0 radical (unpaired) electrons. The molecule has 0 saturated carbocycles. The summed E-state index contributed by atoms with van der Waals surface area (Å²) in [4.78, 5) is 0. The van der Waals surface area contributed by atoms with Gasteiger partial charge in [-0.05, 0) is 24.6 Å². The molecular weight excluding hydrogens is 299 g/mol. The van der Waals surface area contributed by atoms with Crippen molar-refractivity contribution in [3.05, 3.63) is 28.2 Å². The van der Waals surface area contributed by atoms with Crippen LogP contribution < -0.4 is 5.32 Å². The highest BCUT2D eigenvalue weighted by molar-refractivity contribution is 9.10. The van der Waals surface area contributed by atoms with E-state index in [1.165, 1.54) is 0 Å². The van der Waals surface area contributed by atoms with E-state index < -0.39 is 11.7 Å². The standard InChI is InChI=1S/C11H11BrF3NO/c12-8-3-7(11(13,14)15)4-10(5-8)16-9-1-2-17-6-9/h3-5,9,16H,1-2,6H2. The third kappa shape index (κ3) is 3.35. The van der Waals surface area contributed by atoms with Gasteiger partial charge in [-0.3, -0.25) is 0 Å². The third-order valence-electron chi connectivity index (χ3n) is 2.53. The summed E-state index contributed by atoms with van der Waals surface area (Å²) < 4.78 is 43.3.